The van der Waals surface area contributed by atoms with Gasteiger partial charge in [-0.05, 0) is 13.8 Å². The highest BCUT2D eigenvalue weighted by molar-refractivity contribution is 8.01. The first kappa shape index (κ1) is 7.43. The molecule has 0 aromatic rings. The Morgan fingerprint density at radius 2 is 2.36 bits per heavy atom. The Kier molecular flexibility index (Phi) is 1.30. The van der Waals surface area contributed by atoms with Crippen LogP contribution in [0.25, 0.3) is 0 Å². The van der Waals surface area contributed by atoms with E-state index in [1.807, 2.05) is 16.7 Å². The van der Waals surface area contributed by atoms with Gasteiger partial charge in [-0.2, -0.15) is 0 Å². The molecule has 0 spiro atoms. The van der Waals surface area contributed by atoms with Crippen LogP contribution in [0.2, 0.25) is 0 Å². The van der Waals surface area contributed by atoms with Crippen molar-refractivity contribution in [3.05, 3.63) is 0 Å². The van der Waals surface area contributed by atoms with Crippen LogP contribution in [-0.2, 0) is 4.79 Å². The molecule has 2 rings (SSSR count). The van der Waals surface area contributed by atoms with E-state index in [1.165, 1.54) is 0 Å². The van der Waals surface area contributed by atoms with Gasteiger partial charge >= 0.3 is 0 Å². The fourth-order valence-electron chi connectivity index (χ4n) is 1.63. The largest absolute Gasteiger partial charge is 0.326 e. The summed E-state index contributed by atoms with van der Waals surface area (Å²) in [5, 5.41) is 0.262. The van der Waals surface area contributed by atoms with Crippen LogP contribution in [0.4, 0.5) is 0 Å². The molecule has 4 heteroatoms. The molecule has 0 bridgehead atoms. The van der Waals surface area contributed by atoms with Gasteiger partial charge in [0.15, 0.2) is 0 Å². The molecule has 1 amide bonds. The summed E-state index contributed by atoms with van der Waals surface area (Å²) in [6.07, 6.45) is 0. The second-order valence-electron chi connectivity index (χ2n) is 3.76. The van der Waals surface area contributed by atoms with Crippen LogP contribution in [0.1, 0.15) is 13.8 Å². The van der Waals surface area contributed by atoms with Crippen molar-refractivity contribution in [1.82, 2.24) is 4.90 Å². The number of carbonyl (C=O) groups excluding carboxylic acids is 1. The third-order valence-corrected chi connectivity index (χ3v) is 3.73. The molecule has 11 heavy (non-hydrogen) atoms. The van der Waals surface area contributed by atoms with Gasteiger partial charge in [0.1, 0.15) is 11.4 Å². The van der Waals surface area contributed by atoms with Crippen LogP contribution in [-0.4, -0.2) is 33.5 Å². The molecule has 2 saturated heterocycles. The molecule has 62 valence electrons. The fraction of sp³-hybridized carbons (Fsp3) is 0.857. The van der Waals surface area contributed by atoms with E-state index in [0.29, 0.717) is 0 Å². The van der Waals surface area contributed by atoms with Crippen LogP contribution in [0.3, 0.4) is 0 Å². The zero-order valence-corrected chi connectivity index (χ0v) is 7.52. The molecule has 2 heterocycles. The lowest BCUT2D eigenvalue weighted by Gasteiger charge is -2.38. The normalized spacial score (nSPS) is 40.3. The topological polar surface area (TPSA) is 46.3 Å². The Balaban J connectivity index is 2.15. The Labute approximate surface area is 70.3 Å². The maximum Gasteiger partial charge on any atom is 0.243 e. The standard InChI is InChI=1S/C7H12N2OS/c1-7(2)3-9-5(10)4(8)6(9)11-7/h4,6H,3,8H2,1-2H3/t4?,6-/m1/s1. The highest BCUT2D eigenvalue weighted by Gasteiger charge is 2.54. The van der Waals surface area contributed by atoms with Crippen molar-refractivity contribution in [2.45, 2.75) is 30.0 Å². The van der Waals surface area contributed by atoms with E-state index in [4.69, 9.17) is 5.73 Å². The van der Waals surface area contributed by atoms with Crippen LogP contribution in [0.5, 0.6) is 0 Å². The average Bonchev–Trinajstić information content (AvgIpc) is 2.23. The number of thioether (sulfide) groups is 1. The molecular weight excluding hydrogens is 160 g/mol. The van der Waals surface area contributed by atoms with Crippen molar-refractivity contribution in [2.75, 3.05) is 6.54 Å². The maximum atomic E-state index is 11.1. The molecule has 0 saturated carbocycles. The second-order valence-corrected chi connectivity index (χ2v) is 5.58. The average molecular weight is 172 g/mol. The van der Waals surface area contributed by atoms with Gasteiger partial charge in [-0.25, -0.2) is 0 Å². The van der Waals surface area contributed by atoms with Crippen LogP contribution in [0.15, 0.2) is 0 Å². The first-order valence-corrected chi connectivity index (χ1v) is 4.63. The molecule has 2 aliphatic rings. The number of hydrogen-bond donors (Lipinski definition) is 1. The number of carbonyl (C=O) groups is 1. The minimum absolute atomic E-state index is 0.119. The molecular formula is C7H12N2OS. The Morgan fingerprint density at radius 3 is 2.91 bits per heavy atom. The Hall–Kier alpha value is -0.220. The number of nitrogens with zero attached hydrogens (tertiary/aromatic N) is 1. The summed E-state index contributed by atoms with van der Waals surface area (Å²) in [7, 11) is 0. The molecule has 2 atom stereocenters. The van der Waals surface area contributed by atoms with E-state index < -0.39 is 0 Å². The summed E-state index contributed by atoms with van der Waals surface area (Å²) < 4.78 is 0.203. The Bertz CT molecular complexity index is 216. The summed E-state index contributed by atoms with van der Waals surface area (Å²) in [5.74, 6) is 0.119. The van der Waals surface area contributed by atoms with Gasteiger partial charge < -0.3 is 10.6 Å². The third-order valence-electron chi connectivity index (χ3n) is 2.17. The van der Waals surface area contributed by atoms with Crippen LogP contribution >= 0.6 is 11.8 Å². The number of fused-ring (bicyclic) bond motifs is 1. The predicted molar refractivity (Wildman–Crippen MR) is 45.1 cm³/mol. The molecule has 2 fully saturated rings. The number of β-lactam (4-membered cyclic amide) rings is 1. The summed E-state index contributed by atoms with van der Waals surface area (Å²) in [6, 6.07) is -0.234. The van der Waals surface area contributed by atoms with Gasteiger partial charge in [-0.3, -0.25) is 4.79 Å². The van der Waals surface area contributed by atoms with E-state index in [9.17, 15) is 4.79 Å². The summed E-state index contributed by atoms with van der Waals surface area (Å²) >= 11 is 1.81. The smallest absolute Gasteiger partial charge is 0.243 e. The van der Waals surface area contributed by atoms with E-state index in [0.717, 1.165) is 6.54 Å². The maximum absolute atomic E-state index is 11.1. The van der Waals surface area contributed by atoms with Crippen molar-refractivity contribution < 1.29 is 4.79 Å². The predicted octanol–water partition coefficient (Wildman–Crippen LogP) is 0.00740. The van der Waals surface area contributed by atoms with Crippen LogP contribution < -0.4 is 5.73 Å². The zero-order chi connectivity index (χ0) is 8.22. The summed E-state index contributed by atoms with van der Waals surface area (Å²) in [5.41, 5.74) is 5.62. The quantitative estimate of drug-likeness (QED) is 0.523. The fourth-order valence-corrected chi connectivity index (χ4v) is 3.07. The molecule has 0 radical (unpaired) electrons. The lowest BCUT2D eigenvalue weighted by Crippen LogP contribution is -2.64. The van der Waals surface area contributed by atoms with Crippen LogP contribution in [0, 0.1) is 0 Å². The van der Waals surface area contributed by atoms with Gasteiger partial charge in [0.25, 0.3) is 0 Å². The Morgan fingerprint density at radius 1 is 1.73 bits per heavy atom. The first-order chi connectivity index (χ1) is 5.01. The van der Waals surface area contributed by atoms with Gasteiger partial charge in [-0.15, -0.1) is 11.8 Å². The molecule has 0 aromatic heterocycles. The lowest BCUT2D eigenvalue weighted by molar-refractivity contribution is -0.143. The molecule has 0 aliphatic carbocycles. The van der Waals surface area contributed by atoms with E-state index in [2.05, 4.69) is 13.8 Å². The van der Waals surface area contributed by atoms with Crippen molar-refractivity contribution in [1.29, 1.82) is 0 Å². The molecule has 1 unspecified atom stereocenters. The highest BCUT2D eigenvalue weighted by atomic mass is 32.2. The van der Waals surface area contributed by atoms with Gasteiger partial charge in [0.05, 0.1) is 0 Å². The monoisotopic (exact) mass is 172 g/mol. The highest BCUT2D eigenvalue weighted by Crippen LogP contribution is 2.45. The first-order valence-electron chi connectivity index (χ1n) is 3.75. The summed E-state index contributed by atoms with van der Waals surface area (Å²) in [4.78, 5) is 13.0. The molecule has 2 N–H and O–H groups in total. The minimum Gasteiger partial charge on any atom is -0.326 e. The van der Waals surface area contributed by atoms with E-state index in [1.54, 1.807) is 0 Å². The van der Waals surface area contributed by atoms with Crippen molar-refractivity contribution >= 4 is 17.7 Å². The second kappa shape index (κ2) is 1.93. The van der Waals surface area contributed by atoms with E-state index >= 15 is 0 Å². The lowest BCUT2D eigenvalue weighted by atomic mass is 10.1. The van der Waals surface area contributed by atoms with Gasteiger partial charge in [0, 0.05) is 11.3 Å². The number of hydrogen-bond acceptors (Lipinski definition) is 3. The number of amides is 1. The molecule has 0 aromatic carbocycles. The number of rotatable bonds is 0. The molecule has 3 nitrogen and oxygen atoms in total. The third kappa shape index (κ3) is 0.891. The molecule has 2 aliphatic heterocycles. The van der Waals surface area contributed by atoms with Crippen molar-refractivity contribution in [2.24, 2.45) is 5.73 Å². The van der Waals surface area contributed by atoms with Gasteiger partial charge in [0.2, 0.25) is 5.91 Å². The van der Waals surface area contributed by atoms with Crippen molar-refractivity contribution in [3.63, 3.8) is 0 Å². The van der Waals surface area contributed by atoms with Crippen molar-refractivity contribution in [3.8, 4) is 0 Å². The van der Waals surface area contributed by atoms with E-state index in [-0.39, 0.29) is 22.1 Å². The number of nitrogens with two attached hydrogens (primary N) is 1. The zero-order valence-electron chi connectivity index (χ0n) is 6.70. The summed E-state index contributed by atoms with van der Waals surface area (Å²) in [6.45, 7) is 5.15. The minimum atomic E-state index is -0.234. The SMILES string of the molecule is CC1(C)CN2C(=O)C(N)[C@H]2S1. The van der Waals surface area contributed by atoms with Gasteiger partial charge in [-0.1, -0.05) is 0 Å².